The molecule has 6 nitrogen and oxygen atoms in total. The first-order valence-corrected chi connectivity index (χ1v) is 8.71. The van der Waals surface area contributed by atoms with Crippen molar-refractivity contribution in [2.24, 2.45) is 17.8 Å². The van der Waals surface area contributed by atoms with Crippen molar-refractivity contribution in [3.63, 3.8) is 0 Å². The predicted molar refractivity (Wildman–Crippen MR) is 93.4 cm³/mol. The smallest absolute Gasteiger partial charge is 0.252 e. The summed E-state index contributed by atoms with van der Waals surface area (Å²) in [5.41, 5.74) is -1.47. The fourth-order valence-electron chi connectivity index (χ4n) is 3.80. The van der Waals surface area contributed by atoms with Gasteiger partial charge in [0.15, 0.2) is 5.78 Å². The number of aliphatic hydroxyl groups is 1. The van der Waals surface area contributed by atoms with Gasteiger partial charge in [-0.2, -0.15) is 0 Å². The molecular formula is C19H27NO5. The van der Waals surface area contributed by atoms with Crippen LogP contribution in [0, 0.1) is 17.8 Å². The molecule has 1 saturated carbocycles. The molecule has 1 aliphatic carbocycles. The summed E-state index contributed by atoms with van der Waals surface area (Å²) in [6.07, 6.45) is 2.12. The molecule has 3 atom stereocenters. The lowest BCUT2D eigenvalue weighted by Crippen LogP contribution is -2.56. The Balaban J connectivity index is 2.08. The fraction of sp³-hybridized carbons (Fsp3) is 0.579. The molecule has 1 aromatic rings. The zero-order chi connectivity index (χ0) is 18.8. The summed E-state index contributed by atoms with van der Waals surface area (Å²) in [5, 5.41) is 32.5. The highest BCUT2D eigenvalue weighted by molar-refractivity contribution is 6.02. The maximum absolute atomic E-state index is 12.6. The van der Waals surface area contributed by atoms with E-state index in [2.05, 4.69) is 5.32 Å². The molecule has 0 radical (unpaired) electrons. The van der Waals surface area contributed by atoms with E-state index < -0.39 is 17.3 Å². The van der Waals surface area contributed by atoms with Crippen molar-refractivity contribution in [3.05, 3.63) is 23.8 Å². The van der Waals surface area contributed by atoms with Crippen LogP contribution < -0.4 is 5.32 Å². The van der Waals surface area contributed by atoms with Crippen molar-refractivity contribution in [2.45, 2.75) is 45.6 Å². The lowest BCUT2D eigenvalue weighted by Gasteiger charge is -2.43. The molecule has 0 bridgehead atoms. The van der Waals surface area contributed by atoms with Crippen LogP contribution in [0.4, 0.5) is 0 Å². The van der Waals surface area contributed by atoms with Gasteiger partial charge in [0.25, 0.3) is 5.91 Å². The summed E-state index contributed by atoms with van der Waals surface area (Å²) < 4.78 is 0. The number of amides is 1. The number of phenols is 2. The van der Waals surface area contributed by atoms with Crippen LogP contribution in [0.2, 0.25) is 0 Å². The number of hydrogen-bond donors (Lipinski definition) is 4. The van der Waals surface area contributed by atoms with E-state index in [4.69, 9.17) is 0 Å². The number of Topliss-reactive ketones (excluding diaryl/α,β-unsaturated/α-hetero) is 1. The van der Waals surface area contributed by atoms with Crippen molar-refractivity contribution in [3.8, 4) is 11.5 Å². The largest absolute Gasteiger partial charge is 0.508 e. The molecule has 138 valence electrons. The van der Waals surface area contributed by atoms with Gasteiger partial charge in [0.1, 0.15) is 17.1 Å². The molecule has 0 aliphatic heterocycles. The van der Waals surface area contributed by atoms with Gasteiger partial charge < -0.3 is 20.6 Å². The number of benzene rings is 1. The van der Waals surface area contributed by atoms with Crippen LogP contribution in [0.15, 0.2) is 18.2 Å². The molecular weight excluding hydrogens is 322 g/mol. The highest BCUT2D eigenvalue weighted by Crippen LogP contribution is 2.41. The first-order valence-electron chi connectivity index (χ1n) is 8.71. The predicted octanol–water partition coefficient (Wildman–Crippen LogP) is 2.22. The average molecular weight is 349 g/mol. The molecule has 0 heterocycles. The third-order valence-corrected chi connectivity index (χ3v) is 5.13. The SMILES string of the molecule is CC(C)[C@@H]1CC[C@@H](C)C[C@@]1(O)C(=O)NCC(=O)c1ccc(O)cc1O. The van der Waals surface area contributed by atoms with Gasteiger partial charge in [0.05, 0.1) is 12.1 Å². The van der Waals surface area contributed by atoms with Crippen molar-refractivity contribution in [1.29, 1.82) is 0 Å². The van der Waals surface area contributed by atoms with E-state index in [0.29, 0.717) is 6.42 Å². The molecule has 1 amide bonds. The Bertz CT molecular complexity index is 657. The highest BCUT2D eigenvalue weighted by Gasteiger charge is 2.48. The second-order valence-electron chi connectivity index (χ2n) is 7.47. The van der Waals surface area contributed by atoms with Crippen molar-refractivity contribution >= 4 is 11.7 Å². The van der Waals surface area contributed by atoms with E-state index in [0.717, 1.165) is 18.9 Å². The second-order valence-corrected chi connectivity index (χ2v) is 7.47. The molecule has 0 saturated heterocycles. The molecule has 4 N–H and O–H groups in total. The van der Waals surface area contributed by atoms with Crippen LogP contribution in [0.5, 0.6) is 11.5 Å². The van der Waals surface area contributed by atoms with E-state index >= 15 is 0 Å². The molecule has 6 heteroatoms. The third kappa shape index (κ3) is 4.12. The quantitative estimate of drug-likeness (QED) is 0.610. The van der Waals surface area contributed by atoms with Crippen LogP contribution in [0.3, 0.4) is 0 Å². The lowest BCUT2D eigenvalue weighted by molar-refractivity contribution is -0.155. The maximum atomic E-state index is 12.6. The monoisotopic (exact) mass is 349 g/mol. The van der Waals surface area contributed by atoms with Gasteiger partial charge in [0.2, 0.25) is 0 Å². The van der Waals surface area contributed by atoms with E-state index in [-0.39, 0.29) is 41.4 Å². The second kappa shape index (κ2) is 7.44. The van der Waals surface area contributed by atoms with Crippen LogP contribution in [-0.4, -0.2) is 39.2 Å². The Kier molecular flexibility index (Phi) is 5.72. The standard InChI is InChI=1S/C19H27NO5/c1-11(2)15-7-4-12(3)9-19(15,25)18(24)20-10-17(23)14-6-5-13(21)8-16(14)22/h5-6,8,11-12,15,21-22,25H,4,7,9-10H2,1-3H3,(H,20,24)/t12-,15+,19+/m1/s1. The molecule has 1 aliphatic rings. The van der Waals surface area contributed by atoms with E-state index in [1.807, 2.05) is 20.8 Å². The van der Waals surface area contributed by atoms with Gasteiger partial charge in [-0.15, -0.1) is 0 Å². The first-order chi connectivity index (χ1) is 11.6. The summed E-state index contributed by atoms with van der Waals surface area (Å²) >= 11 is 0. The van der Waals surface area contributed by atoms with E-state index in [9.17, 15) is 24.9 Å². The average Bonchev–Trinajstić information content (AvgIpc) is 2.51. The number of aromatic hydroxyl groups is 2. The Hall–Kier alpha value is -2.08. The maximum Gasteiger partial charge on any atom is 0.252 e. The highest BCUT2D eigenvalue weighted by atomic mass is 16.3. The number of carbonyl (C=O) groups excluding carboxylic acids is 2. The fourth-order valence-corrected chi connectivity index (χ4v) is 3.80. The minimum atomic E-state index is -1.48. The van der Waals surface area contributed by atoms with Crippen molar-refractivity contribution in [2.75, 3.05) is 6.54 Å². The summed E-state index contributed by atoms with van der Waals surface area (Å²) in [4.78, 5) is 24.8. The normalized spacial score (nSPS) is 26.4. The van der Waals surface area contributed by atoms with E-state index in [1.54, 1.807) is 0 Å². The molecule has 2 rings (SSSR count). The Morgan fingerprint density at radius 3 is 2.56 bits per heavy atom. The van der Waals surface area contributed by atoms with Crippen molar-refractivity contribution < 1.29 is 24.9 Å². The number of phenolic OH excluding ortho intramolecular Hbond substituents is 2. The van der Waals surface area contributed by atoms with Crippen molar-refractivity contribution in [1.82, 2.24) is 5.32 Å². The van der Waals surface area contributed by atoms with Gasteiger partial charge in [-0.1, -0.05) is 27.2 Å². The molecule has 0 aromatic heterocycles. The molecule has 25 heavy (non-hydrogen) atoms. The number of nitrogens with one attached hydrogen (secondary N) is 1. The van der Waals surface area contributed by atoms with Gasteiger partial charge in [-0.05, 0) is 42.7 Å². The Labute approximate surface area is 147 Å². The molecule has 0 spiro atoms. The summed E-state index contributed by atoms with van der Waals surface area (Å²) in [5.74, 6) is -1.28. The topological polar surface area (TPSA) is 107 Å². The zero-order valence-corrected chi connectivity index (χ0v) is 15.0. The molecule has 0 unspecified atom stereocenters. The minimum absolute atomic E-state index is 0.0162. The van der Waals surface area contributed by atoms with Gasteiger partial charge >= 0.3 is 0 Å². The first kappa shape index (κ1) is 19.2. The number of carbonyl (C=O) groups is 2. The third-order valence-electron chi connectivity index (χ3n) is 5.13. The molecule has 1 aromatic carbocycles. The Morgan fingerprint density at radius 1 is 1.28 bits per heavy atom. The Morgan fingerprint density at radius 2 is 1.96 bits per heavy atom. The van der Waals surface area contributed by atoms with Crippen LogP contribution in [-0.2, 0) is 4.79 Å². The number of hydrogen-bond acceptors (Lipinski definition) is 5. The number of rotatable bonds is 5. The van der Waals surface area contributed by atoms with Crippen LogP contribution in [0.1, 0.15) is 50.4 Å². The van der Waals surface area contributed by atoms with Gasteiger partial charge in [0, 0.05) is 6.07 Å². The summed E-state index contributed by atoms with van der Waals surface area (Å²) in [6.45, 7) is 5.66. The van der Waals surface area contributed by atoms with E-state index in [1.165, 1.54) is 12.1 Å². The zero-order valence-electron chi connectivity index (χ0n) is 15.0. The van der Waals surface area contributed by atoms with Crippen LogP contribution in [0.25, 0.3) is 0 Å². The summed E-state index contributed by atoms with van der Waals surface area (Å²) in [7, 11) is 0. The lowest BCUT2D eigenvalue weighted by atomic mass is 9.66. The minimum Gasteiger partial charge on any atom is -0.508 e. The van der Waals surface area contributed by atoms with Gasteiger partial charge in [-0.25, -0.2) is 0 Å². The summed E-state index contributed by atoms with van der Waals surface area (Å²) in [6, 6.07) is 3.66. The molecule has 1 fully saturated rings. The van der Waals surface area contributed by atoms with Crippen LogP contribution >= 0.6 is 0 Å². The number of ketones is 1. The van der Waals surface area contributed by atoms with Gasteiger partial charge in [-0.3, -0.25) is 9.59 Å².